The molecule has 1 heterocycles. The first-order valence-electron chi connectivity index (χ1n) is 6.00. The van der Waals surface area contributed by atoms with Crippen LogP contribution in [0.5, 0.6) is 5.75 Å². The van der Waals surface area contributed by atoms with Gasteiger partial charge in [0.25, 0.3) is 0 Å². The van der Waals surface area contributed by atoms with Crippen molar-refractivity contribution in [2.75, 3.05) is 12.8 Å². The average molecular weight is 246 g/mol. The van der Waals surface area contributed by atoms with Gasteiger partial charge in [0, 0.05) is 0 Å². The van der Waals surface area contributed by atoms with Crippen molar-refractivity contribution in [2.24, 2.45) is 5.92 Å². The summed E-state index contributed by atoms with van der Waals surface area (Å²) in [5, 5.41) is 4.05. The summed E-state index contributed by atoms with van der Waals surface area (Å²) in [7, 11) is 1.64. The highest BCUT2D eigenvalue weighted by atomic mass is 16.5. The lowest BCUT2D eigenvalue weighted by Gasteiger charge is -2.06. The number of hydrogen-bond donors (Lipinski definition) is 1. The minimum absolute atomic E-state index is 0.360. The highest BCUT2D eigenvalue weighted by Gasteiger charge is 2.16. The fourth-order valence-electron chi connectivity index (χ4n) is 1.95. The van der Waals surface area contributed by atoms with Crippen LogP contribution in [0.2, 0.25) is 0 Å². The number of rotatable bonds is 4. The molecule has 18 heavy (non-hydrogen) atoms. The Morgan fingerprint density at radius 3 is 2.83 bits per heavy atom. The molecular weight excluding hydrogens is 228 g/mol. The van der Waals surface area contributed by atoms with Crippen molar-refractivity contribution in [3.8, 4) is 16.9 Å². The van der Waals surface area contributed by atoms with E-state index in [4.69, 9.17) is 15.0 Å². The summed E-state index contributed by atoms with van der Waals surface area (Å²) in [4.78, 5) is 0. The molecule has 0 amide bonds. The molecule has 0 saturated carbocycles. The quantitative estimate of drug-likeness (QED) is 0.900. The largest absolute Gasteiger partial charge is 0.497 e. The van der Waals surface area contributed by atoms with Crippen LogP contribution in [-0.2, 0) is 6.42 Å². The molecule has 0 fully saturated rings. The number of hydrogen-bond acceptors (Lipinski definition) is 4. The van der Waals surface area contributed by atoms with Crippen LogP contribution in [0.3, 0.4) is 0 Å². The predicted molar refractivity (Wildman–Crippen MR) is 71.4 cm³/mol. The van der Waals surface area contributed by atoms with Crippen molar-refractivity contribution in [3.63, 3.8) is 0 Å². The summed E-state index contributed by atoms with van der Waals surface area (Å²) in [6, 6.07) is 7.75. The summed E-state index contributed by atoms with van der Waals surface area (Å²) in [5.74, 6) is 1.65. The highest BCUT2D eigenvalue weighted by Crippen LogP contribution is 2.32. The Balaban J connectivity index is 2.45. The maximum absolute atomic E-state index is 5.87. The minimum atomic E-state index is 0.360. The Labute approximate surface area is 107 Å². The zero-order chi connectivity index (χ0) is 13.1. The van der Waals surface area contributed by atoms with Gasteiger partial charge in [0.2, 0.25) is 5.88 Å². The van der Waals surface area contributed by atoms with Crippen LogP contribution in [-0.4, -0.2) is 12.3 Å². The first-order valence-corrected chi connectivity index (χ1v) is 6.00. The molecule has 0 aliphatic heterocycles. The van der Waals surface area contributed by atoms with E-state index in [0.29, 0.717) is 11.8 Å². The number of nitrogen functional groups attached to an aromatic ring is 1. The molecule has 0 unspecified atom stereocenters. The van der Waals surface area contributed by atoms with E-state index in [1.807, 2.05) is 24.3 Å². The van der Waals surface area contributed by atoms with Crippen LogP contribution in [0.4, 0.5) is 5.88 Å². The third-order valence-electron chi connectivity index (χ3n) is 2.75. The van der Waals surface area contributed by atoms with Gasteiger partial charge in [-0.05, 0) is 30.0 Å². The van der Waals surface area contributed by atoms with Gasteiger partial charge in [-0.1, -0.05) is 31.1 Å². The lowest BCUT2D eigenvalue weighted by atomic mass is 9.99. The number of benzene rings is 1. The SMILES string of the molecule is COc1cccc(-c2c(CC(C)C)noc2N)c1. The average Bonchev–Trinajstić information content (AvgIpc) is 2.70. The van der Waals surface area contributed by atoms with Crippen LogP contribution < -0.4 is 10.5 Å². The van der Waals surface area contributed by atoms with Gasteiger partial charge in [-0.15, -0.1) is 0 Å². The Hall–Kier alpha value is -1.97. The normalized spacial score (nSPS) is 10.9. The minimum Gasteiger partial charge on any atom is -0.497 e. The van der Waals surface area contributed by atoms with Gasteiger partial charge in [-0.2, -0.15) is 0 Å². The number of aromatic nitrogens is 1. The summed E-state index contributed by atoms with van der Waals surface area (Å²) in [6.07, 6.45) is 0.841. The molecule has 0 aliphatic carbocycles. The summed E-state index contributed by atoms with van der Waals surface area (Å²) >= 11 is 0. The molecule has 1 aromatic heterocycles. The number of ether oxygens (including phenoxy) is 1. The summed E-state index contributed by atoms with van der Waals surface area (Å²) < 4.78 is 10.3. The van der Waals surface area contributed by atoms with E-state index in [0.717, 1.165) is 29.0 Å². The van der Waals surface area contributed by atoms with Crippen molar-refractivity contribution in [3.05, 3.63) is 30.0 Å². The first-order chi connectivity index (χ1) is 8.61. The molecule has 96 valence electrons. The van der Waals surface area contributed by atoms with Crippen molar-refractivity contribution < 1.29 is 9.26 Å². The molecule has 0 atom stereocenters. The predicted octanol–water partition coefficient (Wildman–Crippen LogP) is 3.13. The number of nitrogens with two attached hydrogens (primary N) is 1. The molecule has 1 aromatic carbocycles. The molecule has 4 nitrogen and oxygen atoms in total. The van der Waals surface area contributed by atoms with Crippen LogP contribution in [0.25, 0.3) is 11.1 Å². The van der Waals surface area contributed by atoms with E-state index < -0.39 is 0 Å². The van der Waals surface area contributed by atoms with Gasteiger partial charge in [0.05, 0.1) is 18.4 Å². The van der Waals surface area contributed by atoms with Gasteiger partial charge < -0.3 is 15.0 Å². The summed E-state index contributed by atoms with van der Waals surface area (Å²) in [5.41, 5.74) is 8.62. The second-order valence-electron chi connectivity index (χ2n) is 4.70. The molecule has 0 radical (unpaired) electrons. The summed E-state index contributed by atoms with van der Waals surface area (Å²) in [6.45, 7) is 4.28. The molecular formula is C14H18N2O2. The molecule has 2 rings (SSSR count). The van der Waals surface area contributed by atoms with Gasteiger partial charge in [0.15, 0.2) is 0 Å². The number of nitrogens with zero attached hydrogens (tertiary/aromatic N) is 1. The fourth-order valence-corrected chi connectivity index (χ4v) is 1.95. The van der Waals surface area contributed by atoms with Crippen LogP contribution >= 0.6 is 0 Å². The third-order valence-corrected chi connectivity index (χ3v) is 2.75. The molecule has 0 bridgehead atoms. The first kappa shape index (κ1) is 12.5. The van der Waals surface area contributed by atoms with Gasteiger partial charge in [-0.3, -0.25) is 0 Å². The molecule has 2 aromatic rings. The lowest BCUT2D eigenvalue weighted by molar-refractivity contribution is 0.415. The zero-order valence-electron chi connectivity index (χ0n) is 10.9. The molecule has 4 heteroatoms. The lowest BCUT2D eigenvalue weighted by Crippen LogP contribution is -1.97. The standard InChI is InChI=1S/C14H18N2O2/c1-9(2)7-12-13(14(15)18-16-12)10-5-4-6-11(8-10)17-3/h4-6,8-9H,7,15H2,1-3H3. The van der Waals surface area contributed by atoms with Crippen molar-refractivity contribution >= 4 is 5.88 Å². The topological polar surface area (TPSA) is 61.3 Å². The maximum atomic E-state index is 5.87. The van der Waals surface area contributed by atoms with Crippen LogP contribution in [0.1, 0.15) is 19.5 Å². The Morgan fingerprint density at radius 2 is 2.17 bits per heavy atom. The van der Waals surface area contributed by atoms with Crippen molar-refractivity contribution in [1.82, 2.24) is 5.16 Å². The Kier molecular flexibility index (Phi) is 3.55. The molecule has 0 aliphatic rings. The van der Waals surface area contributed by atoms with E-state index in [1.54, 1.807) is 7.11 Å². The number of anilines is 1. The Bertz CT molecular complexity index is 532. The Morgan fingerprint density at radius 1 is 1.39 bits per heavy atom. The highest BCUT2D eigenvalue weighted by molar-refractivity contribution is 5.75. The molecule has 0 spiro atoms. The fraction of sp³-hybridized carbons (Fsp3) is 0.357. The van der Waals surface area contributed by atoms with Gasteiger partial charge >= 0.3 is 0 Å². The van der Waals surface area contributed by atoms with Gasteiger partial charge in [-0.25, -0.2) is 0 Å². The van der Waals surface area contributed by atoms with Crippen LogP contribution in [0.15, 0.2) is 28.8 Å². The third kappa shape index (κ3) is 2.47. The monoisotopic (exact) mass is 246 g/mol. The van der Waals surface area contributed by atoms with E-state index in [2.05, 4.69) is 19.0 Å². The van der Waals surface area contributed by atoms with E-state index in [9.17, 15) is 0 Å². The molecule has 0 saturated heterocycles. The zero-order valence-corrected chi connectivity index (χ0v) is 10.9. The smallest absolute Gasteiger partial charge is 0.230 e. The second kappa shape index (κ2) is 5.12. The number of methoxy groups -OCH3 is 1. The van der Waals surface area contributed by atoms with Crippen molar-refractivity contribution in [2.45, 2.75) is 20.3 Å². The van der Waals surface area contributed by atoms with Crippen LogP contribution in [0, 0.1) is 5.92 Å². The second-order valence-corrected chi connectivity index (χ2v) is 4.70. The van der Waals surface area contributed by atoms with E-state index in [1.165, 1.54) is 0 Å². The van der Waals surface area contributed by atoms with Crippen molar-refractivity contribution in [1.29, 1.82) is 0 Å². The van der Waals surface area contributed by atoms with Gasteiger partial charge in [0.1, 0.15) is 5.75 Å². The molecule has 2 N–H and O–H groups in total. The van der Waals surface area contributed by atoms with E-state index in [-0.39, 0.29) is 0 Å². The van der Waals surface area contributed by atoms with E-state index >= 15 is 0 Å². The maximum Gasteiger partial charge on any atom is 0.230 e.